The Morgan fingerprint density at radius 2 is 1.87 bits per heavy atom. The second-order valence-corrected chi connectivity index (χ2v) is 6.74. The van der Waals surface area contributed by atoms with E-state index in [2.05, 4.69) is 5.32 Å². The van der Waals surface area contributed by atoms with Crippen LogP contribution in [0.1, 0.15) is 45.4 Å². The highest BCUT2D eigenvalue weighted by atomic mass is 32.2. The van der Waals surface area contributed by atoms with Gasteiger partial charge >= 0.3 is 0 Å². The van der Waals surface area contributed by atoms with Crippen molar-refractivity contribution < 1.29 is 8.42 Å². The minimum absolute atomic E-state index is 0.309. The molecule has 0 radical (unpaired) electrons. The molecule has 0 spiro atoms. The van der Waals surface area contributed by atoms with Crippen LogP contribution >= 0.6 is 0 Å². The molecule has 0 amide bonds. The molecule has 0 unspecified atom stereocenters. The second-order valence-electron chi connectivity index (χ2n) is 4.44. The third-order valence-corrected chi connectivity index (χ3v) is 4.75. The molecule has 90 valence electrons. The molecular formula is C11H23NO2S. The van der Waals surface area contributed by atoms with Crippen molar-refractivity contribution in [2.24, 2.45) is 0 Å². The molecule has 0 heterocycles. The van der Waals surface area contributed by atoms with E-state index in [0.29, 0.717) is 24.1 Å². The Labute approximate surface area is 93.6 Å². The lowest BCUT2D eigenvalue weighted by atomic mass is 10.2. The van der Waals surface area contributed by atoms with Gasteiger partial charge in [-0.05, 0) is 19.3 Å². The third kappa shape index (κ3) is 5.52. The number of unbranched alkanes of at least 4 members (excludes halogenated alkanes) is 1. The number of sulfone groups is 1. The maximum absolute atomic E-state index is 11.5. The van der Waals surface area contributed by atoms with Crippen LogP contribution in [0.25, 0.3) is 0 Å². The van der Waals surface area contributed by atoms with E-state index >= 15 is 0 Å². The van der Waals surface area contributed by atoms with Crippen molar-refractivity contribution in [1.82, 2.24) is 5.32 Å². The fourth-order valence-electron chi connectivity index (χ4n) is 2.01. The van der Waals surface area contributed by atoms with E-state index < -0.39 is 9.84 Å². The van der Waals surface area contributed by atoms with Crippen molar-refractivity contribution in [1.29, 1.82) is 0 Å². The molecule has 1 aliphatic carbocycles. The van der Waals surface area contributed by atoms with E-state index in [1.807, 2.05) is 6.92 Å². The first-order valence-corrected chi connectivity index (χ1v) is 7.90. The summed E-state index contributed by atoms with van der Waals surface area (Å²) in [7, 11) is -2.80. The quantitative estimate of drug-likeness (QED) is 0.728. The molecule has 1 N–H and O–H groups in total. The van der Waals surface area contributed by atoms with Gasteiger partial charge < -0.3 is 5.32 Å². The Balaban J connectivity index is 2.12. The second kappa shape index (κ2) is 6.48. The monoisotopic (exact) mass is 233 g/mol. The van der Waals surface area contributed by atoms with Gasteiger partial charge in [0, 0.05) is 12.6 Å². The molecule has 4 heteroatoms. The summed E-state index contributed by atoms with van der Waals surface area (Å²) in [4.78, 5) is 0. The first kappa shape index (κ1) is 13.0. The standard InChI is InChI=1S/C11H23NO2S/c1-2-3-9-15(13,14)10-8-12-11-6-4-5-7-11/h11-12H,2-10H2,1H3. The molecule has 3 nitrogen and oxygen atoms in total. The number of rotatable bonds is 7. The van der Waals surface area contributed by atoms with Crippen molar-refractivity contribution in [2.45, 2.75) is 51.5 Å². The zero-order chi connectivity index (χ0) is 11.1. The van der Waals surface area contributed by atoms with Gasteiger partial charge in [0.05, 0.1) is 11.5 Å². The molecule has 0 bridgehead atoms. The molecule has 0 aromatic rings. The number of nitrogens with one attached hydrogen (secondary N) is 1. The molecule has 0 aromatic heterocycles. The van der Waals surface area contributed by atoms with Gasteiger partial charge in [0.1, 0.15) is 0 Å². The lowest BCUT2D eigenvalue weighted by molar-refractivity contribution is 0.535. The van der Waals surface area contributed by atoms with Gasteiger partial charge in [0.2, 0.25) is 0 Å². The van der Waals surface area contributed by atoms with Gasteiger partial charge in [-0.3, -0.25) is 0 Å². The van der Waals surface area contributed by atoms with Gasteiger partial charge in [0.15, 0.2) is 9.84 Å². The highest BCUT2D eigenvalue weighted by molar-refractivity contribution is 7.91. The normalized spacial score (nSPS) is 18.5. The largest absolute Gasteiger partial charge is 0.313 e. The zero-order valence-corrected chi connectivity index (χ0v) is 10.5. The van der Waals surface area contributed by atoms with Crippen LogP contribution < -0.4 is 5.32 Å². The van der Waals surface area contributed by atoms with E-state index in [1.54, 1.807) is 0 Å². The van der Waals surface area contributed by atoms with Gasteiger partial charge in [0.25, 0.3) is 0 Å². The Kier molecular flexibility index (Phi) is 5.61. The van der Waals surface area contributed by atoms with Crippen LogP contribution in [0.15, 0.2) is 0 Å². The van der Waals surface area contributed by atoms with Gasteiger partial charge in [-0.2, -0.15) is 0 Å². The summed E-state index contributed by atoms with van der Waals surface area (Å²) in [5.41, 5.74) is 0. The van der Waals surface area contributed by atoms with Gasteiger partial charge in [-0.25, -0.2) is 8.42 Å². The van der Waals surface area contributed by atoms with E-state index in [9.17, 15) is 8.42 Å². The van der Waals surface area contributed by atoms with Crippen molar-refractivity contribution >= 4 is 9.84 Å². The predicted molar refractivity (Wildman–Crippen MR) is 63.8 cm³/mol. The summed E-state index contributed by atoms with van der Waals surface area (Å²) in [6.07, 6.45) is 6.77. The topological polar surface area (TPSA) is 46.2 Å². The highest BCUT2D eigenvalue weighted by Crippen LogP contribution is 2.17. The van der Waals surface area contributed by atoms with Crippen LogP contribution in [-0.4, -0.2) is 32.5 Å². The SMILES string of the molecule is CCCCS(=O)(=O)CCNC1CCCC1. The minimum Gasteiger partial charge on any atom is -0.313 e. The summed E-state index contributed by atoms with van der Waals surface area (Å²) in [6, 6.07) is 0.575. The molecule has 0 atom stereocenters. The first-order valence-electron chi connectivity index (χ1n) is 6.08. The van der Waals surface area contributed by atoms with Gasteiger partial charge in [-0.15, -0.1) is 0 Å². The van der Waals surface area contributed by atoms with Crippen LogP contribution in [0.3, 0.4) is 0 Å². The smallest absolute Gasteiger partial charge is 0.151 e. The summed E-state index contributed by atoms with van der Waals surface area (Å²) in [5, 5.41) is 3.33. The molecule has 0 saturated heterocycles. The molecule has 1 fully saturated rings. The Hall–Kier alpha value is -0.0900. The first-order chi connectivity index (χ1) is 7.14. The Bertz CT molecular complexity index is 256. The molecule has 1 aliphatic rings. The summed E-state index contributed by atoms with van der Waals surface area (Å²) >= 11 is 0. The Morgan fingerprint density at radius 1 is 1.20 bits per heavy atom. The maximum Gasteiger partial charge on any atom is 0.151 e. The number of hydrogen-bond acceptors (Lipinski definition) is 3. The molecule has 0 aromatic carbocycles. The average molecular weight is 233 g/mol. The van der Waals surface area contributed by atoms with Crippen molar-refractivity contribution in [3.63, 3.8) is 0 Å². The zero-order valence-electron chi connectivity index (χ0n) is 9.67. The molecule has 0 aliphatic heterocycles. The lowest BCUT2D eigenvalue weighted by Crippen LogP contribution is -2.31. The van der Waals surface area contributed by atoms with Crippen LogP contribution in [-0.2, 0) is 9.84 Å². The van der Waals surface area contributed by atoms with Crippen molar-refractivity contribution in [3.8, 4) is 0 Å². The maximum atomic E-state index is 11.5. The van der Waals surface area contributed by atoms with E-state index in [1.165, 1.54) is 25.7 Å². The predicted octanol–water partition coefficient (Wildman–Crippen LogP) is 1.73. The average Bonchev–Trinajstić information content (AvgIpc) is 2.67. The van der Waals surface area contributed by atoms with E-state index in [-0.39, 0.29) is 0 Å². The summed E-state index contributed by atoms with van der Waals surface area (Å²) in [6.45, 7) is 2.66. The third-order valence-electron chi connectivity index (χ3n) is 3.01. The minimum atomic E-state index is -2.80. The molecule has 1 saturated carbocycles. The fourth-order valence-corrected chi connectivity index (χ4v) is 3.38. The summed E-state index contributed by atoms with van der Waals surface area (Å²) < 4.78 is 23.0. The van der Waals surface area contributed by atoms with Crippen LogP contribution in [0.2, 0.25) is 0 Å². The molecule has 1 rings (SSSR count). The van der Waals surface area contributed by atoms with Gasteiger partial charge in [-0.1, -0.05) is 26.2 Å². The number of hydrogen-bond donors (Lipinski definition) is 1. The van der Waals surface area contributed by atoms with Crippen molar-refractivity contribution in [3.05, 3.63) is 0 Å². The van der Waals surface area contributed by atoms with E-state index in [0.717, 1.165) is 12.8 Å². The highest BCUT2D eigenvalue weighted by Gasteiger charge is 2.15. The molecular weight excluding hydrogens is 210 g/mol. The fraction of sp³-hybridized carbons (Fsp3) is 1.00. The van der Waals surface area contributed by atoms with Crippen LogP contribution in [0.5, 0.6) is 0 Å². The lowest BCUT2D eigenvalue weighted by Gasteiger charge is -2.11. The Morgan fingerprint density at radius 3 is 2.47 bits per heavy atom. The van der Waals surface area contributed by atoms with Crippen LogP contribution in [0, 0.1) is 0 Å². The van der Waals surface area contributed by atoms with E-state index in [4.69, 9.17) is 0 Å². The van der Waals surface area contributed by atoms with Crippen LogP contribution in [0.4, 0.5) is 0 Å². The van der Waals surface area contributed by atoms with Crippen molar-refractivity contribution in [2.75, 3.05) is 18.1 Å². The molecule has 15 heavy (non-hydrogen) atoms. The summed E-state index contributed by atoms with van der Waals surface area (Å²) in [5.74, 6) is 0.666.